The van der Waals surface area contributed by atoms with Crippen LogP contribution in [0.1, 0.15) is 0 Å². The van der Waals surface area contributed by atoms with Gasteiger partial charge in [0.1, 0.15) is 0 Å². The van der Waals surface area contributed by atoms with Crippen molar-refractivity contribution in [2.24, 2.45) is 0 Å². The summed E-state index contributed by atoms with van der Waals surface area (Å²) in [5.41, 5.74) is 6.17. The number of nitrogens with two attached hydrogens (primary N) is 1. The molecule has 0 saturated heterocycles. The van der Waals surface area contributed by atoms with E-state index in [0.717, 1.165) is 0 Å². The minimum atomic E-state index is 0.591. The van der Waals surface area contributed by atoms with E-state index in [-0.39, 0.29) is 0 Å². The van der Waals surface area contributed by atoms with E-state index in [1.807, 2.05) is 6.07 Å². The summed E-state index contributed by atoms with van der Waals surface area (Å²) in [7, 11) is 0. The van der Waals surface area contributed by atoms with E-state index in [1.165, 1.54) is 0 Å². The Bertz CT molecular complexity index is 333. The quantitative estimate of drug-likeness (QED) is 0.607. The Morgan fingerprint density at radius 3 is 3.00 bits per heavy atom. The third-order valence-corrected chi connectivity index (χ3v) is 1.37. The highest BCUT2D eigenvalue weighted by Crippen LogP contribution is 2.09. The largest absolute Gasteiger partial charge is 0.394 e. The maximum atomic E-state index is 5.58. The Kier molecular flexibility index (Phi) is 1.15. The molecule has 0 atom stereocenters. The molecule has 0 unspecified atom stereocenters. The zero-order valence-electron chi connectivity index (χ0n) is 5.73. The number of hydrogen-bond acceptors (Lipinski definition) is 3. The maximum Gasteiger partial charge on any atom is 0.197 e. The first-order valence-electron chi connectivity index (χ1n) is 3.17. The van der Waals surface area contributed by atoms with Crippen LogP contribution in [0.3, 0.4) is 0 Å². The van der Waals surface area contributed by atoms with Crippen molar-refractivity contribution >= 4 is 5.69 Å². The van der Waals surface area contributed by atoms with E-state index < -0.39 is 0 Å². The Hall–Kier alpha value is -1.78. The lowest BCUT2D eigenvalue weighted by Gasteiger charge is -1.94. The number of H-pyrrole nitrogens is 1. The van der Waals surface area contributed by atoms with Gasteiger partial charge < -0.3 is 5.73 Å². The van der Waals surface area contributed by atoms with Gasteiger partial charge in [0.05, 0.1) is 5.69 Å². The van der Waals surface area contributed by atoms with Crippen LogP contribution in [0.15, 0.2) is 24.7 Å². The van der Waals surface area contributed by atoms with Gasteiger partial charge in [-0.15, -0.1) is 0 Å². The van der Waals surface area contributed by atoms with Crippen LogP contribution in [0.25, 0.3) is 5.82 Å². The molecule has 2 aromatic heterocycles. The molecule has 2 rings (SSSR count). The van der Waals surface area contributed by atoms with E-state index >= 15 is 0 Å². The van der Waals surface area contributed by atoms with Crippen LogP contribution in [0, 0.1) is 0 Å². The summed E-state index contributed by atoms with van der Waals surface area (Å²) in [6.45, 7) is 0. The second-order valence-electron chi connectivity index (χ2n) is 2.11. The molecule has 0 amide bonds. The first kappa shape index (κ1) is 5.96. The van der Waals surface area contributed by atoms with Crippen molar-refractivity contribution in [3.05, 3.63) is 24.7 Å². The average molecular weight is 149 g/mol. The average Bonchev–Trinajstić information content (AvgIpc) is 2.55. The van der Waals surface area contributed by atoms with Gasteiger partial charge in [-0.2, -0.15) is 10.2 Å². The number of rotatable bonds is 1. The molecule has 11 heavy (non-hydrogen) atoms. The lowest BCUT2D eigenvalue weighted by atomic mass is 10.5. The Balaban J connectivity index is 2.53. The number of hydrogen-bond donors (Lipinski definition) is 2. The van der Waals surface area contributed by atoms with Gasteiger partial charge in [-0.05, 0) is 6.07 Å². The lowest BCUT2D eigenvalue weighted by molar-refractivity contribution is 0.838. The molecule has 0 spiro atoms. The van der Waals surface area contributed by atoms with E-state index in [9.17, 15) is 0 Å². The highest BCUT2D eigenvalue weighted by atomic mass is 15.3. The summed E-state index contributed by atoms with van der Waals surface area (Å²) >= 11 is 0. The number of anilines is 1. The predicted octanol–water partition coefficient (Wildman–Crippen LogP) is 0.178. The minimum Gasteiger partial charge on any atom is -0.394 e. The normalized spacial score (nSPS) is 10.2. The van der Waals surface area contributed by atoms with Crippen molar-refractivity contribution in [2.75, 3.05) is 5.73 Å². The standard InChI is InChI=1S/C6H7N5/c7-5-4-8-10-6(5)11-3-1-2-9-11/h1-4H,7H2,(H,8,10). The lowest BCUT2D eigenvalue weighted by Crippen LogP contribution is -1.98. The fraction of sp³-hybridized carbons (Fsp3) is 0. The van der Waals surface area contributed by atoms with Gasteiger partial charge in [0.15, 0.2) is 5.82 Å². The molecule has 0 fully saturated rings. The Morgan fingerprint density at radius 1 is 1.55 bits per heavy atom. The number of aromatic amines is 1. The van der Waals surface area contributed by atoms with Crippen molar-refractivity contribution in [3.63, 3.8) is 0 Å². The van der Waals surface area contributed by atoms with E-state index in [2.05, 4.69) is 15.3 Å². The van der Waals surface area contributed by atoms with Crippen molar-refractivity contribution in [1.29, 1.82) is 0 Å². The molecule has 3 N–H and O–H groups in total. The summed E-state index contributed by atoms with van der Waals surface area (Å²) in [6.07, 6.45) is 5.08. The molecule has 56 valence electrons. The summed E-state index contributed by atoms with van der Waals surface area (Å²) in [6, 6.07) is 1.81. The van der Waals surface area contributed by atoms with Crippen molar-refractivity contribution in [3.8, 4) is 5.82 Å². The summed E-state index contributed by atoms with van der Waals surface area (Å²) < 4.78 is 1.60. The smallest absolute Gasteiger partial charge is 0.197 e. The molecule has 2 aromatic rings. The Labute approximate surface area is 62.8 Å². The number of nitrogens with one attached hydrogen (secondary N) is 1. The molecule has 2 heterocycles. The van der Waals surface area contributed by atoms with Crippen LogP contribution >= 0.6 is 0 Å². The van der Waals surface area contributed by atoms with Crippen LogP contribution in [0.4, 0.5) is 5.69 Å². The second-order valence-corrected chi connectivity index (χ2v) is 2.11. The number of nitrogens with zero attached hydrogens (tertiary/aromatic N) is 3. The Morgan fingerprint density at radius 2 is 2.45 bits per heavy atom. The van der Waals surface area contributed by atoms with Gasteiger partial charge in [-0.3, -0.25) is 5.10 Å². The minimum absolute atomic E-state index is 0.591. The van der Waals surface area contributed by atoms with Crippen molar-refractivity contribution < 1.29 is 0 Å². The molecule has 0 aliphatic heterocycles. The van der Waals surface area contributed by atoms with Crippen LogP contribution < -0.4 is 5.73 Å². The van der Waals surface area contributed by atoms with Crippen molar-refractivity contribution in [1.82, 2.24) is 20.0 Å². The molecule has 0 aliphatic rings. The third kappa shape index (κ3) is 0.861. The van der Waals surface area contributed by atoms with Gasteiger partial charge in [-0.25, -0.2) is 4.68 Å². The highest BCUT2D eigenvalue weighted by molar-refractivity contribution is 5.50. The monoisotopic (exact) mass is 149 g/mol. The molecular weight excluding hydrogens is 142 g/mol. The SMILES string of the molecule is Nc1c[nH]nc1-n1cccn1. The van der Waals surface area contributed by atoms with Gasteiger partial charge in [0, 0.05) is 18.6 Å². The molecule has 0 aromatic carbocycles. The van der Waals surface area contributed by atoms with E-state index in [4.69, 9.17) is 5.73 Å². The van der Waals surface area contributed by atoms with Gasteiger partial charge in [-0.1, -0.05) is 0 Å². The molecule has 0 saturated carbocycles. The topological polar surface area (TPSA) is 72.5 Å². The van der Waals surface area contributed by atoms with Crippen LogP contribution in [0.5, 0.6) is 0 Å². The first-order chi connectivity index (χ1) is 5.38. The van der Waals surface area contributed by atoms with Crippen LogP contribution in [-0.2, 0) is 0 Å². The summed E-state index contributed by atoms with van der Waals surface area (Å²) in [5, 5.41) is 10.5. The van der Waals surface area contributed by atoms with Gasteiger partial charge >= 0.3 is 0 Å². The van der Waals surface area contributed by atoms with Crippen LogP contribution in [0.2, 0.25) is 0 Å². The predicted molar refractivity (Wildman–Crippen MR) is 40.1 cm³/mol. The summed E-state index contributed by atoms with van der Waals surface area (Å²) in [5.74, 6) is 0.634. The molecule has 0 bridgehead atoms. The highest BCUT2D eigenvalue weighted by Gasteiger charge is 2.02. The zero-order valence-corrected chi connectivity index (χ0v) is 5.73. The van der Waals surface area contributed by atoms with Crippen LogP contribution in [-0.4, -0.2) is 20.0 Å². The maximum absolute atomic E-state index is 5.58. The first-order valence-corrected chi connectivity index (χ1v) is 3.17. The molecule has 0 radical (unpaired) electrons. The van der Waals surface area contributed by atoms with E-state index in [1.54, 1.807) is 23.3 Å². The zero-order chi connectivity index (χ0) is 7.68. The molecule has 0 aliphatic carbocycles. The van der Waals surface area contributed by atoms with E-state index in [0.29, 0.717) is 11.5 Å². The van der Waals surface area contributed by atoms with Crippen molar-refractivity contribution in [2.45, 2.75) is 0 Å². The number of aromatic nitrogens is 4. The van der Waals surface area contributed by atoms with Gasteiger partial charge in [0.25, 0.3) is 0 Å². The molecule has 5 nitrogen and oxygen atoms in total. The number of nitrogen functional groups attached to an aromatic ring is 1. The second kappa shape index (κ2) is 2.12. The fourth-order valence-electron chi connectivity index (χ4n) is 0.870. The summed E-state index contributed by atoms with van der Waals surface area (Å²) in [4.78, 5) is 0. The molecule has 5 heteroatoms. The third-order valence-electron chi connectivity index (χ3n) is 1.37. The van der Waals surface area contributed by atoms with Gasteiger partial charge in [0.2, 0.25) is 0 Å². The molecular formula is C6H7N5. The fourth-order valence-corrected chi connectivity index (χ4v) is 0.870.